The lowest BCUT2D eigenvalue weighted by Gasteiger charge is -2.29. The number of thioether (sulfide) groups is 1. The molecular weight excluding hydrogens is 568 g/mol. The lowest BCUT2D eigenvalue weighted by molar-refractivity contribution is 0.0391. The average Bonchev–Trinajstić information content (AvgIpc) is 3.37. The third-order valence-electron chi connectivity index (χ3n) is 6.51. The molecule has 1 aromatic heterocycles. The number of thiazole rings is 1. The van der Waals surface area contributed by atoms with Crippen molar-refractivity contribution < 1.29 is 22.7 Å². The van der Waals surface area contributed by atoms with Crippen molar-refractivity contribution in [3.05, 3.63) is 48.0 Å². The van der Waals surface area contributed by atoms with Crippen LogP contribution in [-0.4, -0.2) is 100 Å². The summed E-state index contributed by atoms with van der Waals surface area (Å²) in [5.74, 6) is -0.201. The maximum Gasteiger partial charge on any atom is 0.260 e. The van der Waals surface area contributed by atoms with E-state index in [1.807, 2.05) is 18.4 Å². The molecule has 0 saturated carbocycles. The zero-order valence-electron chi connectivity index (χ0n) is 21.1. The molecule has 38 heavy (non-hydrogen) atoms. The Hall–Kier alpha value is -1.77. The van der Waals surface area contributed by atoms with Crippen LogP contribution in [0.2, 0.25) is 0 Å². The van der Waals surface area contributed by atoms with Gasteiger partial charge in [-0.15, -0.1) is 24.2 Å². The van der Waals surface area contributed by atoms with Crippen molar-refractivity contribution >= 4 is 66.8 Å². The highest BCUT2D eigenvalue weighted by Gasteiger charge is 2.28. The van der Waals surface area contributed by atoms with E-state index in [9.17, 15) is 13.2 Å². The van der Waals surface area contributed by atoms with Crippen LogP contribution in [0, 0.1) is 0 Å². The molecule has 2 aliphatic rings. The molecule has 2 aromatic carbocycles. The summed E-state index contributed by atoms with van der Waals surface area (Å²) in [6.45, 7) is 5.62. The van der Waals surface area contributed by atoms with Crippen molar-refractivity contribution in [1.82, 2.24) is 14.2 Å². The number of anilines is 1. The zero-order chi connectivity index (χ0) is 25.8. The first-order valence-electron chi connectivity index (χ1n) is 12.2. The molecule has 2 aliphatic heterocycles. The molecule has 3 aromatic rings. The van der Waals surface area contributed by atoms with Crippen molar-refractivity contribution in [2.75, 3.05) is 76.9 Å². The summed E-state index contributed by atoms with van der Waals surface area (Å²) >= 11 is 3.16. The molecule has 5 rings (SSSR count). The van der Waals surface area contributed by atoms with Crippen LogP contribution >= 0.6 is 35.5 Å². The molecule has 3 heterocycles. The first-order valence-corrected chi connectivity index (χ1v) is 15.7. The van der Waals surface area contributed by atoms with Crippen molar-refractivity contribution in [3.63, 3.8) is 0 Å². The van der Waals surface area contributed by atoms with Gasteiger partial charge in [0, 0.05) is 49.7 Å². The Morgan fingerprint density at radius 3 is 2.34 bits per heavy atom. The number of rotatable bonds is 8. The molecule has 1 amide bonds. The van der Waals surface area contributed by atoms with Crippen LogP contribution in [0.15, 0.2) is 52.3 Å². The number of carbonyl (C=O) groups excluding carboxylic acids is 1. The van der Waals surface area contributed by atoms with Gasteiger partial charge in [-0.3, -0.25) is 14.6 Å². The van der Waals surface area contributed by atoms with Crippen molar-refractivity contribution in [2.45, 2.75) is 9.79 Å². The largest absolute Gasteiger partial charge is 0.379 e. The fraction of sp³-hybridized carbons (Fsp3) is 0.440. The van der Waals surface area contributed by atoms with E-state index >= 15 is 0 Å². The number of sulfonamides is 1. The second-order valence-electron chi connectivity index (χ2n) is 8.78. The third kappa shape index (κ3) is 6.50. The summed E-state index contributed by atoms with van der Waals surface area (Å²) < 4.78 is 39.2. The van der Waals surface area contributed by atoms with Gasteiger partial charge in [0.05, 0.1) is 41.5 Å². The van der Waals surface area contributed by atoms with E-state index in [2.05, 4.69) is 11.0 Å². The maximum atomic E-state index is 13.7. The summed E-state index contributed by atoms with van der Waals surface area (Å²) in [5, 5.41) is 0.636. The zero-order valence-corrected chi connectivity index (χ0v) is 24.3. The molecule has 0 spiro atoms. The minimum Gasteiger partial charge on any atom is -0.379 e. The van der Waals surface area contributed by atoms with Gasteiger partial charge in [0.1, 0.15) is 0 Å². The maximum absolute atomic E-state index is 13.7. The summed E-state index contributed by atoms with van der Waals surface area (Å²) in [4.78, 5) is 23.8. The predicted octanol–water partition coefficient (Wildman–Crippen LogP) is 3.44. The van der Waals surface area contributed by atoms with Crippen LogP contribution in [-0.2, 0) is 19.5 Å². The van der Waals surface area contributed by atoms with Crippen LogP contribution in [0.4, 0.5) is 5.13 Å². The number of benzene rings is 2. The summed E-state index contributed by atoms with van der Waals surface area (Å²) in [5.41, 5.74) is 1.28. The molecule has 2 saturated heterocycles. The highest BCUT2D eigenvalue weighted by atomic mass is 35.5. The Labute approximate surface area is 237 Å². The van der Waals surface area contributed by atoms with Crippen LogP contribution < -0.4 is 4.90 Å². The number of halogens is 1. The number of carbonyl (C=O) groups is 1. The third-order valence-corrected chi connectivity index (χ3v) is 10.2. The Kier molecular flexibility index (Phi) is 10.0. The minimum atomic E-state index is -3.63. The van der Waals surface area contributed by atoms with Gasteiger partial charge in [0.15, 0.2) is 5.13 Å². The lowest BCUT2D eigenvalue weighted by atomic mass is 10.2. The van der Waals surface area contributed by atoms with Gasteiger partial charge in [0.2, 0.25) is 10.0 Å². The van der Waals surface area contributed by atoms with Crippen LogP contribution in [0.3, 0.4) is 0 Å². The molecule has 0 radical (unpaired) electrons. The molecule has 13 heteroatoms. The number of hydrogen-bond acceptors (Lipinski definition) is 9. The van der Waals surface area contributed by atoms with Crippen LogP contribution in [0.25, 0.3) is 10.2 Å². The van der Waals surface area contributed by atoms with E-state index in [1.54, 1.807) is 28.8 Å². The van der Waals surface area contributed by atoms with Gasteiger partial charge < -0.3 is 9.47 Å². The summed E-state index contributed by atoms with van der Waals surface area (Å²) in [6, 6.07) is 12.3. The topological polar surface area (TPSA) is 92.3 Å². The van der Waals surface area contributed by atoms with E-state index in [0.717, 1.165) is 28.2 Å². The smallest absolute Gasteiger partial charge is 0.260 e. The number of nitrogens with zero attached hydrogens (tertiary/aromatic N) is 4. The fourth-order valence-corrected chi connectivity index (χ4v) is 7.30. The predicted molar refractivity (Wildman–Crippen MR) is 154 cm³/mol. The summed E-state index contributed by atoms with van der Waals surface area (Å²) in [6.07, 6.45) is 2.03. The number of ether oxygens (including phenoxy) is 2. The van der Waals surface area contributed by atoms with E-state index in [-0.39, 0.29) is 23.2 Å². The lowest BCUT2D eigenvalue weighted by Crippen LogP contribution is -2.43. The van der Waals surface area contributed by atoms with Gasteiger partial charge in [-0.1, -0.05) is 11.3 Å². The molecule has 0 N–H and O–H groups in total. The first-order chi connectivity index (χ1) is 18.0. The quantitative estimate of drug-likeness (QED) is 0.364. The first kappa shape index (κ1) is 29.2. The summed E-state index contributed by atoms with van der Waals surface area (Å²) in [7, 11) is -3.63. The highest BCUT2D eigenvalue weighted by molar-refractivity contribution is 7.98. The Balaban J connectivity index is 0.00000336. The standard InChI is InChI=1S/C25H30N4O5S3.ClH/c1-35-20-4-7-22-23(18-20)36-25(26-22)29(9-8-27-10-14-33-15-11-27)24(30)19-2-5-21(6-3-19)37(31,32)28-12-16-34-17-13-28;/h2-7,18H,8-17H2,1H3;1H. The molecule has 2 fully saturated rings. The number of aromatic nitrogens is 1. The molecular formula is C25H31ClN4O5S3. The van der Waals surface area contributed by atoms with Gasteiger partial charge >= 0.3 is 0 Å². The fourth-order valence-electron chi connectivity index (χ4n) is 4.35. The second kappa shape index (κ2) is 13.1. The highest BCUT2D eigenvalue weighted by Crippen LogP contribution is 2.32. The van der Waals surface area contributed by atoms with Crippen molar-refractivity contribution in [2.24, 2.45) is 0 Å². The van der Waals surface area contributed by atoms with Gasteiger partial charge in [-0.25, -0.2) is 13.4 Å². The SMILES string of the molecule is CSc1ccc2nc(N(CCN3CCOCC3)C(=O)c3ccc(S(=O)(=O)N4CCOCC4)cc3)sc2c1.Cl. The number of hydrogen-bond donors (Lipinski definition) is 0. The van der Waals surface area contributed by atoms with E-state index in [4.69, 9.17) is 14.5 Å². The molecule has 206 valence electrons. The van der Waals surface area contributed by atoms with Gasteiger partial charge in [-0.2, -0.15) is 4.31 Å². The molecule has 0 atom stereocenters. The minimum absolute atomic E-state index is 0. The Bertz CT molecular complexity index is 1340. The van der Waals surface area contributed by atoms with E-state index < -0.39 is 10.0 Å². The van der Waals surface area contributed by atoms with E-state index in [0.29, 0.717) is 63.3 Å². The molecule has 0 unspecified atom stereocenters. The second-order valence-corrected chi connectivity index (χ2v) is 12.6. The number of amides is 1. The number of morpholine rings is 2. The van der Waals surface area contributed by atoms with Gasteiger partial charge in [-0.05, 0) is 48.7 Å². The van der Waals surface area contributed by atoms with Crippen LogP contribution in [0.1, 0.15) is 10.4 Å². The average molecular weight is 599 g/mol. The van der Waals surface area contributed by atoms with Gasteiger partial charge in [0.25, 0.3) is 5.91 Å². The van der Waals surface area contributed by atoms with Crippen LogP contribution in [0.5, 0.6) is 0 Å². The number of fused-ring (bicyclic) bond motifs is 1. The van der Waals surface area contributed by atoms with Crippen molar-refractivity contribution in [1.29, 1.82) is 0 Å². The Morgan fingerprint density at radius 2 is 1.68 bits per heavy atom. The molecule has 9 nitrogen and oxygen atoms in total. The normalized spacial score (nSPS) is 17.3. The van der Waals surface area contributed by atoms with E-state index in [1.165, 1.54) is 27.8 Å². The van der Waals surface area contributed by atoms with Crippen molar-refractivity contribution in [3.8, 4) is 0 Å². The Morgan fingerprint density at radius 1 is 1.03 bits per heavy atom. The molecule has 0 bridgehead atoms. The monoisotopic (exact) mass is 598 g/mol. The molecule has 0 aliphatic carbocycles.